The molecule has 5 heterocycles. The molecule has 294 valence electrons. The second-order valence-corrected chi connectivity index (χ2v) is 17.5. The summed E-state index contributed by atoms with van der Waals surface area (Å²) in [6.07, 6.45) is 3.75. The largest absolute Gasteiger partial charge is 0.309 e. The molecule has 1 aliphatic rings. The molecule has 0 bridgehead atoms. The van der Waals surface area contributed by atoms with E-state index in [4.69, 9.17) is 9.97 Å². The lowest BCUT2D eigenvalue weighted by molar-refractivity contribution is 1.08. The number of rotatable bonds is 6. The molecule has 11 aromatic rings. The quantitative estimate of drug-likeness (QED) is 0.157. The Bertz CT molecular complexity index is 3380. The van der Waals surface area contributed by atoms with Crippen LogP contribution in [0.5, 0.6) is 0 Å². The Hall–Kier alpha value is -7.35. The molecule has 0 saturated carbocycles. The second kappa shape index (κ2) is 14.4. The summed E-state index contributed by atoms with van der Waals surface area (Å²) in [6, 6.07) is 64.1. The van der Waals surface area contributed by atoms with E-state index >= 15 is 0 Å². The normalized spacial score (nSPS) is 12.3. The maximum Gasteiger partial charge on any atom is 0.244 e. The van der Waals surface area contributed by atoms with Crippen LogP contribution in [0.2, 0.25) is 0 Å². The average molecular weight is 814 g/mol. The van der Waals surface area contributed by atoms with Gasteiger partial charge in [-0.2, -0.15) is 0 Å². The van der Waals surface area contributed by atoms with Crippen LogP contribution in [0.1, 0.15) is 16.7 Å². The lowest BCUT2D eigenvalue weighted by Crippen LogP contribution is -2.57. The fourth-order valence-corrected chi connectivity index (χ4v) is 11.4. The first kappa shape index (κ1) is 36.5. The number of para-hydroxylation sites is 2. The van der Waals surface area contributed by atoms with Gasteiger partial charge in [0, 0.05) is 55.1 Å². The van der Waals surface area contributed by atoms with Gasteiger partial charge in [-0.1, -0.05) is 148 Å². The summed E-state index contributed by atoms with van der Waals surface area (Å²) in [7, 11) is 0. The molecule has 5 nitrogen and oxygen atoms in total. The molecule has 12 rings (SSSR count). The Labute approximate surface area is 365 Å². The maximum atomic E-state index is 4.88. The molecule has 0 amide bonds. The number of nitrogens with zero attached hydrogens (tertiary/aromatic N) is 5. The molecule has 0 aliphatic carbocycles. The van der Waals surface area contributed by atoms with Gasteiger partial charge in [0.15, 0.2) is 0 Å². The Morgan fingerprint density at radius 2 is 0.984 bits per heavy atom. The molecule has 0 spiro atoms. The number of hydrogen-bond donors (Lipinski definition) is 0. The molecular weight excluding hydrogens is 774 g/mol. The van der Waals surface area contributed by atoms with Crippen molar-refractivity contribution in [2.45, 2.75) is 30.6 Å². The van der Waals surface area contributed by atoms with Crippen molar-refractivity contribution >= 4 is 95.5 Å². The van der Waals surface area contributed by atoms with Crippen LogP contribution in [0.25, 0.3) is 55.2 Å². The highest BCUT2D eigenvalue weighted by molar-refractivity contribution is 8.00. The minimum atomic E-state index is 0.0770. The zero-order valence-corrected chi connectivity index (χ0v) is 35.4. The summed E-state index contributed by atoms with van der Waals surface area (Å²) in [5.74, 6) is 1.78. The van der Waals surface area contributed by atoms with Crippen LogP contribution in [-0.2, 0) is 0 Å². The number of hydrogen-bond acceptors (Lipinski definition) is 4. The van der Waals surface area contributed by atoms with Gasteiger partial charge in [0.05, 0.1) is 27.8 Å². The van der Waals surface area contributed by atoms with Gasteiger partial charge in [-0.25, -0.2) is 9.97 Å². The summed E-state index contributed by atoms with van der Waals surface area (Å²) in [4.78, 5) is 14.8. The van der Waals surface area contributed by atoms with Gasteiger partial charge in [-0.3, -0.25) is 9.13 Å². The Balaban J connectivity index is 1.16. The first-order chi connectivity index (χ1) is 30.5. The third-order valence-corrected chi connectivity index (χ3v) is 13.9. The predicted molar refractivity (Wildman–Crippen MR) is 261 cm³/mol. The summed E-state index contributed by atoms with van der Waals surface area (Å²) in [5.41, 5.74) is 15.7. The lowest BCUT2D eigenvalue weighted by atomic mass is 9.35. The summed E-state index contributed by atoms with van der Waals surface area (Å²) in [6.45, 7) is 6.84. The van der Waals surface area contributed by atoms with Crippen molar-refractivity contribution in [1.29, 1.82) is 0 Å². The molecule has 0 radical (unpaired) electrons. The van der Waals surface area contributed by atoms with E-state index in [1.54, 1.807) is 0 Å². The molecule has 0 saturated heterocycles. The van der Waals surface area contributed by atoms with Crippen molar-refractivity contribution < 1.29 is 0 Å². The minimum Gasteiger partial charge on any atom is -0.309 e. The van der Waals surface area contributed by atoms with Crippen LogP contribution in [0.15, 0.2) is 198 Å². The van der Waals surface area contributed by atoms with Crippen molar-refractivity contribution in [2.75, 3.05) is 4.90 Å². The van der Waals surface area contributed by atoms with Crippen molar-refractivity contribution in [1.82, 2.24) is 19.1 Å². The maximum absolute atomic E-state index is 4.88. The molecule has 0 fully saturated rings. The molecule has 7 aromatic carbocycles. The van der Waals surface area contributed by atoms with Crippen LogP contribution in [0.3, 0.4) is 0 Å². The van der Waals surface area contributed by atoms with E-state index < -0.39 is 0 Å². The number of aromatic nitrogens is 4. The summed E-state index contributed by atoms with van der Waals surface area (Å²) >= 11 is 1.88. The smallest absolute Gasteiger partial charge is 0.244 e. The predicted octanol–water partition coefficient (Wildman–Crippen LogP) is 12.0. The highest BCUT2D eigenvalue weighted by Crippen LogP contribution is 2.46. The lowest BCUT2D eigenvalue weighted by Gasteiger charge is -2.33. The highest BCUT2D eigenvalue weighted by Gasteiger charge is 2.35. The molecule has 0 N–H and O–H groups in total. The van der Waals surface area contributed by atoms with Gasteiger partial charge >= 0.3 is 0 Å². The van der Waals surface area contributed by atoms with E-state index in [1.807, 2.05) is 36.3 Å². The van der Waals surface area contributed by atoms with E-state index in [-0.39, 0.29) is 6.71 Å². The van der Waals surface area contributed by atoms with Gasteiger partial charge in [-0.05, 0) is 93.6 Å². The zero-order chi connectivity index (χ0) is 41.5. The number of benzene rings is 7. The third-order valence-electron chi connectivity index (χ3n) is 12.6. The van der Waals surface area contributed by atoms with E-state index in [9.17, 15) is 0 Å². The fraction of sp³-hybridized carbons (Fsp3) is 0.0545. The monoisotopic (exact) mass is 813 g/mol. The van der Waals surface area contributed by atoms with Crippen LogP contribution >= 0.6 is 11.8 Å². The van der Waals surface area contributed by atoms with Crippen LogP contribution in [-0.4, -0.2) is 25.8 Å². The van der Waals surface area contributed by atoms with E-state index in [0.29, 0.717) is 0 Å². The molecule has 62 heavy (non-hydrogen) atoms. The van der Waals surface area contributed by atoms with Crippen LogP contribution < -0.4 is 21.3 Å². The molecule has 7 heteroatoms. The van der Waals surface area contributed by atoms with Gasteiger partial charge in [0.2, 0.25) is 6.71 Å². The van der Waals surface area contributed by atoms with Crippen molar-refractivity contribution in [3.8, 4) is 11.6 Å². The fourth-order valence-electron chi connectivity index (χ4n) is 10.2. The van der Waals surface area contributed by atoms with Crippen LogP contribution in [0.4, 0.5) is 17.1 Å². The first-order valence-corrected chi connectivity index (χ1v) is 22.0. The van der Waals surface area contributed by atoms with Crippen LogP contribution in [0, 0.1) is 20.8 Å². The molecule has 4 aromatic heterocycles. The Morgan fingerprint density at radius 3 is 1.56 bits per heavy atom. The number of pyridine rings is 2. The van der Waals surface area contributed by atoms with E-state index in [2.05, 4.69) is 199 Å². The average Bonchev–Trinajstić information content (AvgIpc) is 3.81. The first-order valence-electron chi connectivity index (χ1n) is 21.2. The summed E-state index contributed by atoms with van der Waals surface area (Å²) < 4.78 is 4.61. The minimum absolute atomic E-state index is 0.0770. The van der Waals surface area contributed by atoms with E-state index in [1.165, 1.54) is 64.4 Å². The summed E-state index contributed by atoms with van der Waals surface area (Å²) in [5, 5.41) is 4.76. The van der Waals surface area contributed by atoms with Gasteiger partial charge < -0.3 is 4.90 Å². The van der Waals surface area contributed by atoms with Crippen molar-refractivity contribution in [2.24, 2.45) is 0 Å². The Morgan fingerprint density at radius 1 is 0.468 bits per heavy atom. The topological polar surface area (TPSA) is 38.9 Å². The SMILES string of the molecule is Cc1cc(C)c(B2c3ccccc3Sc3c2cccc3N(c2ccc3c4ccccc4n(-c4ccccn4)c3c2)c2ccc3c4ccccc4n(-c4ccccn4)c3c2)c(C)c1. The highest BCUT2D eigenvalue weighted by atomic mass is 32.2. The van der Waals surface area contributed by atoms with Gasteiger partial charge in [-0.15, -0.1) is 0 Å². The standard InChI is InChI=1S/C55H40BN5S/c1-35-31-36(2)54(37(3)32-35)56-44-17-6-9-22-51(44)62-55-45(56)18-14-21-48(55)59(38-25-27-42-40-15-4-7-19-46(40)60(49(42)33-38)52-23-10-12-29-57-52)39-26-28-43-41-16-5-8-20-47(41)61(50(43)34-39)53-24-11-13-30-58-53/h4-34H,1-3H3. The van der Waals surface area contributed by atoms with Crippen molar-refractivity contribution in [3.05, 3.63) is 205 Å². The van der Waals surface area contributed by atoms with Crippen molar-refractivity contribution in [3.63, 3.8) is 0 Å². The Kier molecular flexibility index (Phi) is 8.48. The number of anilines is 3. The molecule has 1 aliphatic heterocycles. The third kappa shape index (κ3) is 5.65. The van der Waals surface area contributed by atoms with E-state index in [0.717, 1.165) is 50.8 Å². The van der Waals surface area contributed by atoms with Gasteiger partial charge in [0.25, 0.3) is 0 Å². The second-order valence-electron chi connectivity index (χ2n) is 16.4. The van der Waals surface area contributed by atoms with Gasteiger partial charge in [0.1, 0.15) is 11.6 Å². The molecular formula is C55H40BN5S. The number of aryl methyl sites for hydroxylation is 3. The molecule has 0 atom stereocenters. The zero-order valence-electron chi connectivity index (χ0n) is 34.6. The molecule has 0 unspecified atom stereocenters. The number of fused-ring (bicyclic) bond motifs is 8.